The Labute approximate surface area is 258 Å². The monoisotopic (exact) mass is 578 g/mol. The molecule has 2 aliphatic carbocycles. The first-order valence-electron chi connectivity index (χ1n) is 15.5. The summed E-state index contributed by atoms with van der Waals surface area (Å²) in [4.78, 5) is 0. The van der Waals surface area contributed by atoms with E-state index < -0.39 is 47.6 Å². The molecule has 2 heterocycles. The Balaban J connectivity index is 1.42. The molecule has 7 heteroatoms. The van der Waals surface area contributed by atoms with Gasteiger partial charge >= 0.3 is 14.2 Å². The molecule has 0 aromatic heterocycles. The quantitative estimate of drug-likeness (QED) is 0.262. The summed E-state index contributed by atoms with van der Waals surface area (Å²) < 4.78 is 34.1. The molecule has 2 aliphatic heterocycles. The maximum atomic E-state index is 7.37. The predicted octanol–water partition coefficient (Wildman–Crippen LogP) is 7.56. The molecule has 6 rings (SSSR count). The van der Waals surface area contributed by atoms with Crippen LogP contribution < -0.4 is 0 Å². The fourth-order valence-corrected chi connectivity index (χ4v) is 5.96. The highest BCUT2D eigenvalue weighted by Gasteiger charge is 2.65. The summed E-state index contributed by atoms with van der Waals surface area (Å²) in [5.41, 5.74) is -1.87. The highest BCUT2D eigenvalue weighted by atomic mass is 16.7. The molecule has 0 N–H and O–H groups in total. The molecule has 2 saturated heterocycles. The number of hydrogen-bond acceptors (Lipinski definition) is 5. The first-order chi connectivity index (χ1) is 20.2. The maximum absolute atomic E-state index is 7.37. The van der Waals surface area contributed by atoms with Crippen LogP contribution in [0.2, 0.25) is 0 Å². The third-order valence-corrected chi connectivity index (χ3v) is 10.2. The minimum atomic E-state index is -1.06. The summed E-state index contributed by atoms with van der Waals surface area (Å²) >= 11 is 0. The van der Waals surface area contributed by atoms with Crippen LogP contribution in [-0.2, 0) is 23.4 Å². The van der Waals surface area contributed by atoms with Gasteiger partial charge in [-0.1, -0.05) is 109 Å². The second-order valence-corrected chi connectivity index (χ2v) is 14.3. The van der Waals surface area contributed by atoms with Crippen LogP contribution in [0.25, 0.3) is 0 Å². The summed E-state index contributed by atoms with van der Waals surface area (Å²) in [7, 11) is -1.40. The van der Waals surface area contributed by atoms with E-state index in [9.17, 15) is 0 Å². The third kappa shape index (κ3) is 5.34. The number of rotatable bonds is 6. The van der Waals surface area contributed by atoms with Crippen LogP contribution in [-0.4, -0.2) is 47.6 Å². The molecule has 0 unspecified atom stereocenters. The highest BCUT2D eigenvalue weighted by Crippen LogP contribution is 2.48. The first kappa shape index (κ1) is 30.4. The van der Waals surface area contributed by atoms with Gasteiger partial charge in [-0.05, 0) is 66.5 Å². The lowest BCUT2D eigenvalue weighted by Gasteiger charge is -2.42. The summed E-state index contributed by atoms with van der Waals surface area (Å²) in [6.45, 7) is 16.5. The molecular weight excluding hydrogens is 534 g/mol. The zero-order valence-corrected chi connectivity index (χ0v) is 26.7. The zero-order chi connectivity index (χ0) is 30.7. The normalized spacial score (nSPS) is 33.3. The van der Waals surface area contributed by atoms with Crippen molar-refractivity contribution in [3.8, 4) is 0 Å². The molecule has 2 fully saturated rings. The Bertz CT molecular complexity index is 1270. The minimum Gasteiger partial charge on any atom is -0.401 e. The van der Waals surface area contributed by atoms with Gasteiger partial charge in [-0.3, -0.25) is 0 Å². The molecule has 43 heavy (non-hydrogen) atoms. The summed E-state index contributed by atoms with van der Waals surface area (Å²) in [5.74, 6) is 0.209. The first-order valence-corrected chi connectivity index (χ1v) is 15.5. The van der Waals surface area contributed by atoms with Crippen molar-refractivity contribution in [2.24, 2.45) is 0 Å². The molecule has 5 nitrogen and oxygen atoms in total. The second kappa shape index (κ2) is 10.5. The topological polar surface area (TPSA) is 46.2 Å². The van der Waals surface area contributed by atoms with Crippen molar-refractivity contribution in [3.63, 3.8) is 0 Å². The van der Waals surface area contributed by atoms with Crippen LogP contribution in [0.4, 0.5) is 0 Å². The summed E-state index contributed by atoms with van der Waals surface area (Å²) in [5, 5.41) is 0. The lowest BCUT2D eigenvalue weighted by Crippen LogP contribution is -2.59. The highest BCUT2D eigenvalue weighted by molar-refractivity contribution is 6.53. The molecule has 2 aromatic carbocycles. The Morgan fingerprint density at radius 3 is 1.02 bits per heavy atom. The molecule has 224 valence electrons. The Morgan fingerprint density at radius 2 is 0.744 bits per heavy atom. The van der Waals surface area contributed by atoms with Gasteiger partial charge in [0.1, 0.15) is 11.0 Å². The average molecular weight is 578 g/mol. The van der Waals surface area contributed by atoms with Gasteiger partial charge in [-0.2, -0.15) is 0 Å². The van der Waals surface area contributed by atoms with Crippen molar-refractivity contribution in [3.05, 3.63) is 120 Å². The van der Waals surface area contributed by atoms with Crippen LogP contribution >= 0.6 is 0 Å². The van der Waals surface area contributed by atoms with Gasteiger partial charge < -0.3 is 23.4 Å². The van der Waals surface area contributed by atoms with Crippen LogP contribution in [0.15, 0.2) is 109 Å². The fraction of sp³-hybridized carbons (Fsp3) is 0.444. The number of allylic oxidation sites excluding steroid dienone is 4. The predicted molar refractivity (Wildman–Crippen MR) is 174 cm³/mol. The van der Waals surface area contributed by atoms with E-state index in [-0.39, 0.29) is 11.8 Å². The van der Waals surface area contributed by atoms with E-state index in [0.717, 1.165) is 0 Å². The molecule has 4 aliphatic rings. The van der Waals surface area contributed by atoms with Gasteiger partial charge in [-0.15, -0.1) is 0 Å². The van der Waals surface area contributed by atoms with Gasteiger partial charge in [0.15, 0.2) is 0 Å². The zero-order valence-electron chi connectivity index (χ0n) is 26.7. The van der Waals surface area contributed by atoms with Gasteiger partial charge in [0, 0.05) is 11.8 Å². The van der Waals surface area contributed by atoms with E-state index in [0.29, 0.717) is 0 Å². The minimum absolute atomic E-state index is 0.105. The molecule has 0 amide bonds. The summed E-state index contributed by atoms with van der Waals surface area (Å²) in [6, 6.07) is 20.9. The van der Waals surface area contributed by atoms with E-state index in [4.69, 9.17) is 23.4 Å². The van der Waals surface area contributed by atoms with E-state index >= 15 is 0 Å². The van der Waals surface area contributed by atoms with Gasteiger partial charge in [0.05, 0.1) is 22.4 Å². The third-order valence-electron chi connectivity index (χ3n) is 10.2. The molecule has 2 aromatic rings. The smallest absolute Gasteiger partial charge is 0.401 e. The maximum Gasteiger partial charge on any atom is 0.500 e. The Hall–Kier alpha value is -2.67. The van der Waals surface area contributed by atoms with Crippen molar-refractivity contribution >= 4 is 14.2 Å². The second-order valence-electron chi connectivity index (χ2n) is 14.3. The van der Waals surface area contributed by atoms with Gasteiger partial charge in [0.25, 0.3) is 0 Å². The standard InChI is InChI=1S/C36H44B2O5/c1-31(2)32(3,4)41-37(40-31)35(23-19-29(20-24-35)27-15-11-9-12-16-27)39-36(38-42-33(5,6)34(7,8)43-38)25-21-30(22-26-36)28-17-13-10-14-18-28/h9-26,29-30H,1-8H3. The van der Waals surface area contributed by atoms with Crippen molar-refractivity contribution in [2.75, 3.05) is 0 Å². The molecular formula is C36H44B2O5. The lowest BCUT2D eigenvalue weighted by atomic mass is 9.59. The van der Waals surface area contributed by atoms with Gasteiger partial charge in [-0.25, -0.2) is 0 Å². The summed E-state index contributed by atoms with van der Waals surface area (Å²) in [6.07, 6.45) is 17.1. The van der Waals surface area contributed by atoms with E-state index in [1.54, 1.807) is 0 Å². The van der Waals surface area contributed by atoms with Crippen LogP contribution in [0, 0.1) is 0 Å². The van der Waals surface area contributed by atoms with E-state index in [1.165, 1.54) is 11.1 Å². The Morgan fingerprint density at radius 1 is 0.465 bits per heavy atom. The average Bonchev–Trinajstić information content (AvgIpc) is 3.35. The van der Waals surface area contributed by atoms with E-state index in [2.05, 4.69) is 153 Å². The molecule has 0 radical (unpaired) electrons. The molecule has 0 saturated carbocycles. The fourth-order valence-electron chi connectivity index (χ4n) is 5.96. The molecule has 0 spiro atoms. The molecule has 0 atom stereocenters. The van der Waals surface area contributed by atoms with Crippen molar-refractivity contribution < 1.29 is 23.4 Å². The SMILES string of the molecule is CC1(C)OB(C2(OC3(B4OC(C)(C)C(C)(C)O4)C=CC(c4ccccc4)C=C3)C=CC(c3ccccc3)C=C2)OC1(C)C. The Kier molecular flexibility index (Phi) is 7.38. The van der Waals surface area contributed by atoms with Crippen LogP contribution in [0.5, 0.6) is 0 Å². The number of ether oxygens (including phenoxy) is 1. The lowest BCUT2D eigenvalue weighted by molar-refractivity contribution is -0.0110. The number of hydrogen-bond donors (Lipinski definition) is 0. The van der Waals surface area contributed by atoms with Crippen molar-refractivity contribution in [1.29, 1.82) is 0 Å². The van der Waals surface area contributed by atoms with Crippen LogP contribution in [0.1, 0.15) is 78.4 Å². The van der Waals surface area contributed by atoms with Crippen molar-refractivity contribution in [2.45, 2.75) is 101 Å². The molecule has 0 bridgehead atoms. The van der Waals surface area contributed by atoms with Crippen LogP contribution in [0.3, 0.4) is 0 Å². The van der Waals surface area contributed by atoms with Gasteiger partial charge in [0.2, 0.25) is 0 Å². The largest absolute Gasteiger partial charge is 0.500 e. The van der Waals surface area contributed by atoms with E-state index in [1.807, 2.05) is 12.1 Å². The van der Waals surface area contributed by atoms with Crippen molar-refractivity contribution in [1.82, 2.24) is 0 Å². The number of benzene rings is 2.